The van der Waals surface area contributed by atoms with Crippen molar-refractivity contribution in [2.45, 2.75) is 84.8 Å². The van der Waals surface area contributed by atoms with Crippen molar-refractivity contribution in [3.8, 4) is 0 Å². The van der Waals surface area contributed by atoms with E-state index in [1.165, 1.54) is 0 Å². The maximum atomic E-state index is 5.92. The quantitative estimate of drug-likeness (QED) is 0.456. The predicted molar refractivity (Wildman–Crippen MR) is 96.6 cm³/mol. The van der Waals surface area contributed by atoms with Gasteiger partial charge in [-0.25, -0.2) is 0 Å². The summed E-state index contributed by atoms with van der Waals surface area (Å²) < 4.78 is 11.6. The van der Waals surface area contributed by atoms with Crippen LogP contribution in [0, 0.1) is 0 Å². The number of rotatable bonds is 7. The number of aliphatic imine (C=N–C) groups is 1. The molecule has 0 aliphatic carbocycles. The number of hydrogen-bond acceptors (Lipinski definition) is 5. The van der Waals surface area contributed by atoms with Gasteiger partial charge in [-0.1, -0.05) is 11.4 Å². The Labute approximate surface area is 134 Å². The molecule has 6 heteroatoms. The van der Waals surface area contributed by atoms with Crippen LogP contribution < -0.4 is 0 Å². The van der Waals surface area contributed by atoms with E-state index in [0.717, 1.165) is 0 Å². The molecular weight excluding hydrogens is 309 g/mol. The van der Waals surface area contributed by atoms with Crippen LogP contribution in [0.15, 0.2) is 4.99 Å². The molecule has 0 bridgehead atoms. The molecule has 0 atom stereocenters. The molecule has 0 heterocycles. The molecule has 0 fully saturated rings. The zero-order chi connectivity index (χ0) is 16.2. The Morgan fingerprint density at radius 2 is 1.40 bits per heavy atom. The van der Waals surface area contributed by atoms with Crippen molar-refractivity contribution in [1.82, 2.24) is 0 Å². The molecule has 0 spiro atoms. The highest BCUT2D eigenvalue weighted by atomic mass is 32.9. The van der Waals surface area contributed by atoms with Gasteiger partial charge >= 0.3 is 0 Å². The summed E-state index contributed by atoms with van der Waals surface area (Å²) in [6.45, 7) is 18.4. The van der Waals surface area contributed by atoms with E-state index in [9.17, 15) is 0 Å². The molecule has 0 unspecified atom stereocenters. The molecule has 0 radical (unpaired) electrons. The molecule has 0 saturated heterocycles. The second kappa shape index (κ2) is 7.73. The molecule has 0 saturated carbocycles. The van der Waals surface area contributed by atoms with Crippen molar-refractivity contribution in [3.05, 3.63) is 0 Å². The van der Waals surface area contributed by atoms with Crippen molar-refractivity contribution < 1.29 is 9.05 Å². The second-order valence-corrected chi connectivity index (χ2v) is 13.6. The molecule has 0 aromatic heterocycles. The lowest BCUT2D eigenvalue weighted by molar-refractivity contribution is 0.186. The van der Waals surface area contributed by atoms with Gasteiger partial charge in [-0.05, 0) is 74.1 Å². The summed E-state index contributed by atoms with van der Waals surface area (Å²) in [6, 6.07) is 0. The van der Waals surface area contributed by atoms with E-state index in [1.807, 2.05) is 33.9 Å². The SMILES string of the molecule is CC(C)OP(=S)(OC(C)C)SC(C)(C)C=NC(C)(C)C. The fourth-order valence-corrected chi connectivity index (χ4v) is 9.01. The van der Waals surface area contributed by atoms with Crippen LogP contribution in [-0.4, -0.2) is 28.7 Å². The van der Waals surface area contributed by atoms with E-state index in [4.69, 9.17) is 20.9 Å². The summed E-state index contributed by atoms with van der Waals surface area (Å²) in [5.41, 5.74) is -2.46. The molecule has 0 rings (SSSR count). The summed E-state index contributed by atoms with van der Waals surface area (Å²) in [7, 11) is 0. The van der Waals surface area contributed by atoms with Gasteiger partial charge in [-0.2, -0.15) is 0 Å². The Balaban J connectivity index is 5.05. The second-order valence-electron chi connectivity index (χ2n) is 6.88. The van der Waals surface area contributed by atoms with Gasteiger partial charge in [-0.3, -0.25) is 4.99 Å². The molecule has 0 amide bonds. The van der Waals surface area contributed by atoms with Crippen LogP contribution in [0.25, 0.3) is 0 Å². The van der Waals surface area contributed by atoms with Crippen molar-refractivity contribution in [2.24, 2.45) is 4.99 Å². The summed E-state index contributed by atoms with van der Waals surface area (Å²) in [5.74, 6) is 0. The highest BCUT2D eigenvalue weighted by molar-refractivity contribution is 8.68. The Morgan fingerprint density at radius 1 is 1.00 bits per heavy atom. The zero-order valence-electron chi connectivity index (χ0n) is 14.3. The van der Waals surface area contributed by atoms with Crippen molar-refractivity contribution >= 4 is 35.1 Å². The van der Waals surface area contributed by atoms with E-state index >= 15 is 0 Å². The van der Waals surface area contributed by atoms with Gasteiger partial charge in [0.2, 0.25) is 5.69 Å². The van der Waals surface area contributed by atoms with E-state index in [1.54, 1.807) is 11.4 Å². The van der Waals surface area contributed by atoms with Crippen LogP contribution in [0.1, 0.15) is 62.3 Å². The Hall–Kier alpha value is 0.590. The van der Waals surface area contributed by atoms with Gasteiger partial charge in [-0.15, -0.1) is 0 Å². The summed E-state index contributed by atoms with van der Waals surface area (Å²) in [5, 5.41) is 0. The average molecular weight is 340 g/mol. The Bertz CT molecular complexity index is 360. The largest absolute Gasteiger partial charge is 0.319 e. The first-order chi connectivity index (χ1) is 8.75. The van der Waals surface area contributed by atoms with Gasteiger partial charge in [0.05, 0.1) is 22.5 Å². The first-order valence-corrected chi connectivity index (χ1v) is 11.0. The fourth-order valence-electron chi connectivity index (χ4n) is 1.25. The molecule has 0 aromatic rings. The third kappa shape index (κ3) is 10.3. The van der Waals surface area contributed by atoms with Crippen LogP contribution >= 0.6 is 17.1 Å². The highest BCUT2D eigenvalue weighted by Crippen LogP contribution is 2.66. The molecule has 120 valence electrons. The third-order valence-electron chi connectivity index (χ3n) is 1.79. The van der Waals surface area contributed by atoms with E-state index in [0.29, 0.717) is 0 Å². The normalized spacial score (nSPS) is 14.8. The van der Waals surface area contributed by atoms with Gasteiger partial charge in [0.1, 0.15) is 0 Å². The Morgan fingerprint density at radius 3 is 1.70 bits per heavy atom. The molecule has 0 aromatic carbocycles. The van der Waals surface area contributed by atoms with Gasteiger partial charge < -0.3 is 9.05 Å². The van der Waals surface area contributed by atoms with Gasteiger partial charge in [0.25, 0.3) is 0 Å². The summed E-state index contributed by atoms with van der Waals surface area (Å²) in [4.78, 5) is 4.59. The van der Waals surface area contributed by atoms with Crippen LogP contribution in [0.5, 0.6) is 0 Å². The first kappa shape index (κ1) is 20.6. The number of nitrogens with zero attached hydrogens (tertiary/aromatic N) is 1. The van der Waals surface area contributed by atoms with Crippen LogP contribution in [0.4, 0.5) is 0 Å². The summed E-state index contributed by atoms with van der Waals surface area (Å²) in [6.07, 6.45) is 2.08. The maximum absolute atomic E-state index is 5.92. The first-order valence-electron chi connectivity index (χ1n) is 6.99. The van der Waals surface area contributed by atoms with Gasteiger partial charge in [0, 0.05) is 6.21 Å². The molecule has 0 aliphatic heterocycles. The lowest BCUT2D eigenvalue weighted by Crippen LogP contribution is -2.21. The van der Waals surface area contributed by atoms with Gasteiger partial charge in [0.15, 0.2) is 0 Å². The molecule has 3 nitrogen and oxygen atoms in total. The molecule has 20 heavy (non-hydrogen) atoms. The van der Waals surface area contributed by atoms with E-state index < -0.39 is 5.69 Å². The lowest BCUT2D eigenvalue weighted by Gasteiger charge is -2.31. The minimum Gasteiger partial charge on any atom is -0.319 e. The topological polar surface area (TPSA) is 30.8 Å². The maximum Gasteiger partial charge on any atom is 0.248 e. The molecular formula is C14H30NO2PS2. The Kier molecular flexibility index (Phi) is 7.96. The summed E-state index contributed by atoms with van der Waals surface area (Å²) >= 11 is 7.26. The van der Waals surface area contributed by atoms with Crippen LogP contribution in [0.2, 0.25) is 0 Å². The van der Waals surface area contributed by atoms with Crippen molar-refractivity contribution in [3.63, 3.8) is 0 Å². The zero-order valence-corrected chi connectivity index (χ0v) is 16.8. The number of hydrogen-bond donors (Lipinski definition) is 0. The molecule has 0 aliphatic rings. The van der Waals surface area contributed by atoms with Crippen molar-refractivity contribution in [1.29, 1.82) is 0 Å². The highest BCUT2D eigenvalue weighted by Gasteiger charge is 2.32. The predicted octanol–water partition coefficient (Wildman–Crippen LogP) is 5.44. The van der Waals surface area contributed by atoms with E-state index in [-0.39, 0.29) is 22.5 Å². The minimum absolute atomic E-state index is 0.0578. The van der Waals surface area contributed by atoms with E-state index in [2.05, 4.69) is 39.6 Å². The van der Waals surface area contributed by atoms with Crippen molar-refractivity contribution in [2.75, 3.05) is 0 Å². The smallest absolute Gasteiger partial charge is 0.248 e. The monoisotopic (exact) mass is 339 g/mol. The molecule has 0 N–H and O–H groups in total. The standard InChI is InChI=1S/C14H30NO2PS2/c1-11(2)16-18(19,17-12(3)4)20-14(8,9)10-15-13(5,6)7/h10-12H,1-9H3. The lowest BCUT2D eigenvalue weighted by atomic mass is 10.1. The van der Waals surface area contributed by atoms with Crippen LogP contribution in [0.3, 0.4) is 0 Å². The third-order valence-corrected chi connectivity index (χ3v) is 7.74. The fraction of sp³-hybridized carbons (Fsp3) is 0.929. The van der Waals surface area contributed by atoms with Crippen LogP contribution in [-0.2, 0) is 20.9 Å². The average Bonchev–Trinajstić information content (AvgIpc) is 2.08. The minimum atomic E-state index is -2.38.